The lowest BCUT2D eigenvalue weighted by Crippen LogP contribution is -2.25. The molecule has 0 bridgehead atoms. The van der Waals surface area contributed by atoms with Gasteiger partial charge in [-0.3, -0.25) is 4.98 Å². The van der Waals surface area contributed by atoms with Crippen LogP contribution in [0.25, 0.3) is 22.5 Å². The van der Waals surface area contributed by atoms with Crippen LogP contribution in [0.2, 0.25) is 0 Å². The molecule has 1 aromatic carbocycles. The average Bonchev–Trinajstić information content (AvgIpc) is 3.37. The second-order valence-corrected chi connectivity index (χ2v) is 9.22. The molecule has 1 unspecified atom stereocenters. The number of anilines is 2. The number of nitrogens with one attached hydrogen (secondary N) is 2. The number of hydrogen-bond acceptors (Lipinski definition) is 7. The molecule has 10 nitrogen and oxygen atoms in total. The smallest absolute Gasteiger partial charge is 0.475 e. The first-order valence-corrected chi connectivity index (χ1v) is 12.4. The van der Waals surface area contributed by atoms with E-state index in [0.717, 1.165) is 45.4 Å². The molecule has 230 valence electrons. The van der Waals surface area contributed by atoms with E-state index in [1.165, 1.54) is 0 Å². The Hall–Kier alpha value is -5.46. The molecule has 0 radical (unpaired) electrons. The molecule has 5 rings (SSSR count). The summed E-state index contributed by atoms with van der Waals surface area (Å²) in [6.45, 7) is 2.15. The van der Waals surface area contributed by atoms with E-state index in [2.05, 4.69) is 45.4 Å². The topological polar surface area (TPSA) is 165 Å². The molecule has 44 heavy (non-hydrogen) atoms. The number of aliphatic carboxylic acids is 2. The first kappa shape index (κ1) is 33.0. The molecule has 4 heterocycles. The number of H-pyrrole nitrogens is 1. The lowest BCUT2D eigenvalue weighted by molar-refractivity contribution is -0.193. The third kappa shape index (κ3) is 7.68. The number of benzene rings is 1. The second-order valence-electron chi connectivity index (χ2n) is 9.22. The van der Waals surface area contributed by atoms with Gasteiger partial charge in [0.1, 0.15) is 17.3 Å². The fourth-order valence-corrected chi connectivity index (χ4v) is 4.07. The van der Waals surface area contributed by atoms with Crippen LogP contribution in [0.15, 0.2) is 67.1 Å². The van der Waals surface area contributed by atoms with E-state index in [-0.39, 0.29) is 0 Å². The van der Waals surface area contributed by atoms with Crippen LogP contribution in [0, 0.1) is 11.3 Å². The molecule has 3 aromatic heterocycles. The summed E-state index contributed by atoms with van der Waals surface area (Å²) in [7, 11) is 0. The van der Waals surface area contributed by atoms with Crippen LogP contribution < -0.4 is 5.32 Å². The summed E-state index contributed by atoms with van der Waals surface area (Å²) in [4.78, 5) is 35.3. The molecule has 0 fully saturated rings. The highest BCUT2D eigenvalue weighted by Gasteiger charge is 2.39. The molecule has 1 aliphatic heterocycles. The Kier molecular flexibility index (Phi) is 9.94. The third-order valence-electron chi connectivity index (χ3n) is 6.27. The summed E-state index contributed by atoms with van der Waals surface area (Å²) < 4.78 is 63.5. The zero-order valence-electron chi connectivity index (χ0n) is 22.5. The Morgan fingerprint density at radius 2 is 1.52 bits per heavy atom. The Morgan fingerprint density at radius 1 is 0.909 bits per heavy atom. The van der Waals surface area contributed by atoms with Crippen molar-refractivity contribution in [2.45, 2.75) is 37.5 Å². The van der Waals surface area contributed by atoms with Gasteiger partial charge < -0.3 is 20.5 Å². The van der Waals surface area contributed by atoms with E-state index >= 15 is 0 Å². The molecule has 1 atom stereocenters. The van der Waals surface area contributed by atoms with Gasteiger partial charge in [-0.1, -0.05) is 30.3 Å². The second kappa shape index (κ2) is 13.2. The van der Waals surface area contributed by atoms with Gasteiger partial charge in [0.05, 0.1) is 29.1 Å². The maximum Gasteiger partial charge on any atom is 0.490 e. The fourth-order valence-electron chi connectivity index (χ4n) is 4.07. The number of carboxylic acids is 2. The van der Waals surface area contributed by atoms with E-state index in [1.807, 2.05) is 36.4 Å². The summed E-state index contributed by atoms with van der Waals surface area (Å²) >= 11 is 0. The Bertz CT molecular complexity index is 1580. The molecule has 4 aromatic rings. The highest BCUT2D eigenvalue weighted by Crippen LogP contribution is 2.44. The molecule has 0 spiro atoms. The summed E-state index contributed by atoms with van der Waals surface area (Å²) in [6.07, 6.45) is -3.71. The number of nitrogens with zero attached hydrogens (tertiary/aromatic N) is 4. The Labute approximate surface area is 245 Å². The maximum atomic E-state index is 10.6. The predicted octanol–water partition coefficient (Wildman–Crippen LogP) is 6.47. The quantitative estimate of drug-likeness (QED) is 0.165. The number of aromatic nitrogens is 4. The predicted molar refractivity (Wildman–Crippen MR) is 143 cm³/mol. The molecule has 0 amide bonds. The molecule has 16 heteroatoms. The van der Waals surface area contributed by atoms with Crippen LogP contribution in [0.3, 0.4) is 0 Å². The first-order valence-electron chi connectivity index (χ1n) is 12.4. The van der Waals surface area contributed by atoms with Gasteiger partial charge in [0, 0.05) is 29.9 Å². The van der Waals surface area contributed by atoms with Gasteiger partial charge in [0.15, 0.2) is 0 Å². The van der Waals surface area contributed by atoms with Gasteiger partial charge in [-0.15, -0.1) is 0 Å². The summed E-state index contributed by atoms with van der Waals surface area (Å²) in [5.74, 6) is -3.92. The van der Waals surface area contributed by atoms with Crippen molar-refractivity contribution in [1.29, 1.82) is 5.26 Å². The van der Waals surface area contributed by atoms with Gasteiger partial charge in [-0.2, -0.15) is 31.6 Å². The minimum atomic E-state index is -5.08. The lowest BCUT2D eigenvalue weighted by Gasteiger charge is -2.27. The number of fused-ring (bicyclic) bond motifs is 5. The van der Waals surface area contributed by atoms with E-state index in [1.54, 1.807) is 18.6 Å². The van der Waals surface area contributed by atoms with E-state index < -0.39 is 29.7 Å². The maximum absolute atomic E-state index is 10.6. The highest BCUT2D eigenvalue weighted by atomic mass is 19.4. The van der Waals surface area contributed by atoms with Gasteiger partial charge in [0.25, 0.3) is 0 Å². The minimum absolute atomic E-state index is 0.424. The number of carbonyl (C=O) groups is 2. The van der Waals surface area contributed by atoms with Gasteiger partial charge in [-0.25, -0.2) is 19.6 Å². The highest BCUT2D eigenvalue weighted by molar-refractivity contribution is 5.94. The van der Waals surface area contributed by atoms with E-state index in [0.29, 0.717) is 12.8 Å². The number of rotatable bonds is 4. The first-order chi connectivity index (χ1) is 20.6. The molecular weight excluding hydrogens is 598 g/mol. The standard InChI is InChI=1S/C24H20N6.2C2HF3O2/c1-24(11-6-12-25,16-7-3-2-4-8-16)23-29-20-17-10-14-26-15-19(17)28-22-18(21(20)30-23)9-5-13-27-22;2*3-2(4,5)1(6)7/h2-5,7-10,13-15H,6,11H2,1H3,(H,27,28)(H,29,30);2*(H,6,7). The van der Waals surface area contributed by atoms with Crippen LogP contribution in [0.1, 0.15) is 31.2 Å². The average molecular weight is 621 g/mol. The SMILES string of the molecule is CC(CCC#N)(c1ccccc1)c1nc2c([nH]1)-c1ccncc1Nc1ncccc1-2.O=C(O)C(F)(F)F.O=C(O)C(F)(F)F. The monoisotopic (exact) mass is 620 g/mol. The third-order valence-corrected chi connectivity index (χ3v) is 6.27. The molecule has 0 saturated carbocycles. The van der Waals surface area contributed by atoms with Crippen LogP contribution in [0.5, 0.6) is 0 Å². The van der Waals surface area contributed by atoms with Crippen LogP contribution in [-0.2, 0) is 15.0 Å². The van der Waals surface area contributed by atoms with Crippen molar-refractivity contribution in [2.24, 2.45) is 0 Å². The number of halogens is 6. The van der Waals surface area contributed by atoms with Crippen molar-refractivity contribution in [2.75, 3.05) is 5.32 Å². The number of carboxylic acid groups (broad SMARTS) is 2. The minimum Gasteiger partial charge on any atom is -0.475 e. The van der Waals surface area contributed by atoms with E-state index in [9.17, 15) is 31.6 Å². The summed E-state index contributed by atoms with van der Waals surface area (Å²) in [5, 5.41) is 26.9. The molecule has 0 saturated heterocycles. The number of alkyl halides is 6. The van der Waals surface area contributed by atoms with Crippen LogP contribution in [-0.4, -0.2) is 54.4 Å². The van der Waals surface area contributed by atoms with Crippen molar-refractivity contribution in [3.63, 3.8) is 0 Å². The number of aromatic amines is 1. The Balaban J connectivity index is 0.000000317. The van der Waals surface area contributed by atoms with Crippen molar-refractivity contribution >= 4 is 23.4 Å². The number of imidazole rings is 1. The molecule has 1 aliphatic rings. The van der Waals surface area contributed by atoms with Gasteiger partial charge >= 0.3 is 24.3 Å². The summed E-state index contributed by atoms with van der Waals surface area (Å²) in [6, 6.07) is 18.5. The number of nitriles is 1. The van der Waals surface area contributed by atoms with E-state index in [4.69, 9.17) is 24.8 Å². The largest absolute Gasteiger partial charge is 0.490 e. The zero-order chi connectivity index (χ0) is 32.7. The van der Waals surface area contributed by atoms with Gasteiger partial charge in [0.2, 0.25) is 0 Å². The van der Waals surface area contributed by atoms with Gasteiger partial charge in [-0.05, 0) is 37.1 Å². The lowest BCUT2D eigenvalue weighted by atomic mass is 9.78. The van der Waals surface area contributed by atoms with Crippen LogP contribution in [0.4, 0.5) is 37.8 Å². The van der Waals surface area contributed by atoms with Crippen molar-refractivity contribution in [1.82, 2.24) is 19.9 Å². The zero-order valence-corrected chi connectivity index (χ0v) is 22.5. The molecule has 4 N–H and O–H groups in total. The number of hydrogen-bond donors (Lipinski definition) is 4. The van der Waals surface area contributed by atoms with Crippen LogP contribution >= 0.6 is 0 Å². The summed E-state index contributed by atoms with van der Waals surface area (Å²) in [5.41, 5.74) is 5.29. The fraction of sp³-hybridized carbons (Fsp3) is 0.214. The Morgan fingerprint density at radius 3 is 2.09 bits per heavy atom. The number of pyridine rings is 2. The normalized spacial score (nSPS) is 12.9. The van der Waals surface area contributed by atoms with Crippen molar-refractivity contribution in [3.8, 4) is 28.6 Å². The molecular formula is C28H22F6N6O4. The van der Waals surface area contributed by atoms with Crippen molar-refractivity contribution in [3.05, 3.63) is 78.5 Å². The van der Waals surface area contributed by atoms with Crippen molar-refractivity contribution < 1.29 is 46.1 Å². The molecule has 0 aliphatic carbocycles.